The third-order valence-corrected chi connectivity index (χ3v) is 4.28. The predicted octanol–water partition coefficient (Wildman–Crippen LogP) is 3.27. The van der Waals surface area contributed by atoms with E-state index in [1.54, 1.807) is 7.11 Å². The van der Waals surface area contributed by atoms with E-state index in [4.69, 9.17) is 9.47 Å². The summed E-state index contributed by atoms with van der Waals surface area (Å²) in [6, 6.07) is 10.4. The van der Waals surface area contributed by atoms with Crippen LogP contribution in [0.2, 0.25) is 0 Å². The molecule has 0 saturated carbocycles. The van der Waals surface area contributed by atoms with Gasteiger partial charge in [0.15, 0.2) is 0 Å². The average molecular weight is 322 g/mol. The van der Waals surface area contributed by atoms with Crippen molar-refractivity contribution < 1.29 is 9.47 Å². The summed E-state index contributed by atoms with van der Waals surface area (Å²) in [4.78, 5) is 0. The Labute approximate surface area is 121 Å². The van der Waals surface area contributed by atoms with E-state index in [9.17, 15) is 0 Å². The molecular weight excluding hydrogens is 306 g/mol. The molecule has 0 amide bonds. The van der Waals surface area contributed by atoms with Crippen LogP contribution in [0.25, 0.3) is 10.8 Å². The van der Waals surface area contributed by atoms with Crippen LogP contribution in [0.4, 0.5) is 0 Å². The Kier molecular flexibility index (Phi) is 3.73. The molecule has 0 bridgehead atoms. The van der Waals surface area contributed by atoms with Crippen molar-refractivity contribution >= 4 is 26.7 Å². The number of rotatable bonds is 2. The van der Waals surface area contributed by atoms with Gasteiger partial charge in [0.2, 0.25) is 0 Å². The first-order valence-corrected chi connectivity index (χ1v) is 7.18. The summed E-state index contributed by atoms with van der Waals surface area (Å²) in [6.45, 7) is 2.48. The van der Waals surface area contributed by atoms with Gasteiger partial charge in [-0.1, -0.05) is 24.3 Å². The zero-order valence-corrected chi connectivity index (χ0v) is 12.4. The Morgan fingerprint density at radius 1 is 1.37 bits per heavy atom. The zero-order valence-electron chi connectivity index (χ0n) is 10.8. The summed E-state index contributed by atoms with van der Waals surface area (Å²) >= 11 is 3.67. The highest BCUT2D eigenvalue weighted by Crippen LogP contribution is 2.40. The smallest absolute Gasteiger partial charge is 0.134 e. The van der Waals surface area contributed by atoms with Gasteiger partial charge in [0.05, 0.1) is 24.3 Å². The van der Waals surface area contributed by atoms with Crippen molar-refractivity contribution in [2.45, 2.75) is 6.10 Å². The molecule has 1 aliphatic heterocycles. The Morgan fingerprint density at radius 3 is 2.95 bits per heavy atom. The van der Waals surface area contributed by atoms with Gasteiger partial charge in [0.25, 0.3) is 0 Å². The van der Waals surface area contributed by atoms with Crippen molar-refractivity contribution in [3.63, 3.8) is 0 Å². The Hall–Kier alpha value is -1.10. The van der Waals surface area contributed by atoms with Crippen LogP contribution in [0.5, 0.6) is 5.75 Å². The highest BCUT2D eigenvalue weighted by Gasteiger charge is 2.23. The number of ether oxygens (including phenoxy) is 2. The molecule has 1 saturated heterocycles. The molecular formula is C15H16BrNO2. The van der Waals surface area contributed by atoms with Gasteiger partial charge in [-0.2, -0.15) is 0 Å². The Morgan fingerprint density at radius 2 is 2.21 bits per heavy atom. The highest BCUT2D eigenvalue weighted by molar-refractivity contribution is 9.10. The number of halogens is 1. The number of methoxy groups -OCH3 is 1. The fourth-order valence-corrected chi connectivity index (χ4v) is 3.28. The van der Waals surface area contributed by atoms with Crippen molar-refractivity contribution in [1.82, 2.24) is 5.32 Å². The summed E-state index contributed by atoms with van der Waals surface area (Å²) in [5, 5.41) is 5.76. The summed E-state index contributed by atoms with van der Waals surface area (Å²) in [5.74, 6) is 0.850. The first kappa shape index (κ1) is 12.9. The maximum absolute atomic E-state index is 5.90. The first-order chi connectivity index (χ1) is 9.31. The maximum Gasteiger partial charge on any atom is 0.134 e. The van der Waals surface area contributed by atoms with Gasteiger partial charge in [-0.05, 0) is 32.8 Å². The van der Waals surface area contributed by atoms with E-state index in [0.29, 0.717) is 0 Å². The largest absolute Gasteiger partial charge is 0.496 e. The second-order valence-corrected chi connectivity index (χ2v) is 5.38. The number of morpholine rings is 1. The lowest BCUT2D eigenvalue weighted by Crippen LogP contribution is -2.33. The standard InChI is InChI=1S/C15H16BrNO2/c1-18-12-8-10-4-2-3-5-11(10)14(15(12)16)13-9-17-6-7-19-13/h2-5,8,13,17H,6-7,9H2,1H3. The molecule has 1 atom stereocenters. The molecule has 19 heavy (non-hydrogen) atoms. The molecule has 3 nitrogen and oxygen atoms in total. The SMILES string of the molecule is COc1cc2ccccc2c(C2CNCCO2)c1Br. The van der Waals surface area contributed by atoms with Crippen LogP contribution >= 0.6 is 15.9 Å². The number of benzene rings is 2. The van der Waals surface area contributed by atoms with E-state index < -0.39 is 0 Å². The van der Waals surface area contributed by atoms with Crippen molar-refractivity contribution in [2.75, 3.05) is 26.8 Å². The second kappa shape index (κ2) is 5.49. The minimum atomic E-state index is 0.0584. The van der Waals surface area contributed by atoms with Gasteiger partial charge >= 0.3 is 0 Å². The lowest BCUT2D eigenvalue weighted by Gasteiger charge is -2.26. The van der Waals surface area contributed by atoms with E-state index in [1.165, 1.54) is 16.3 Å². The number of fused-ring (bicyclic) bond motifs is 1. The van der Waals surface area contributed by atoms with E-state index in [2.05, 4.69) is 45.5 Å². The lowest BCUT2D eigenvalue weighted by molar-refractivity contribution is 0.0280. The molecule has 2 aromatic rings. The van der Waals surface area contributed by atoms with Crippen molar-refractivity contribution in [3.8, 4) is 5.75 Å². The van der Waals surface area contributed by atoms with Gasteiger partial charge in [-0.15, -0.1) is 0 Å². The second-order valence-electron chi connectivity index (χ2n) is 4.59. The van der Waals surface area contributed by atoms with Crippen LogP contribution in [-0.2, 0) is 4.74 Å². The Balaban J connectivity index is 2.21. The maximum atomic E-state index is 5.90. The minimum absolute atomic E-state index is 0.0584. The number of nitrogens with one attached hydrogen (secondary N) is 1. The molecule has 0 radical (unpaired) electrons. The number of hydrogen-bond donors (Lipinski definition) is 1. The summed E-state index contributed by atoms with van der Waals surface area (Å²) in [7, 11) is 1.69. The molecule has 1 aliphatic rings. The topological polar surface area (TPSA) is 30.5 Å². The van der Waals surface area contributed by atoms with Gasteiger partial charge < -0.3 is 14.8 Å². The van der Waals surface area contributed by atoms with Gasteiger partial charge in [-0.25, -0.2) is 0 Å². The van der Waals surface area contributed by atoms with Crippen LogP contribution < -0.4 is 10.1 Å². The third kappa shape index (κ3) is 2.36. The average Bonchev–Trinajstić information content (AvgIpc) is 2.47. The predicted molar refractivity (Wildman–Crippen MR) is 79.8 cm³/mol. The summed E-state index contributed by atoms with van der Waals surface area (Å²) in [5.41, 5.74) is 1.17. The van der Waals surface area contributed by atoms with E-state index >= 15 is 0 Å². The molecule has 1 fully saturated rings. The van der Waals surface area contributed by atoms with Gasteiger partial charge in [0.1, 0.15) is 5.75 Å². The van der Waals surface area contributed by atoms with E-state index in [-0.39, 0.29) is 6.10 Å². The molecule has 1 N–H and O–H groups in total. The summed E-state index contributed by atoms with van der Waals surface area (Å²) < 4.78 is 12.4. The molecule has 3 rings (SSSR count). The quantitative estimate of drug-likeness (QED) is 0.920. The van der Waals surface area contributed by atoms with Gasteiger partial charge in [-0.3, -0.25) is 0 Å². The molecule has 0 spiro atoms. The normalized spacial score (nSPS) is 19.6. The monoisotopic (exact) mass is 321 g/mol. The molecule has 4 heteroatoms. The molecule has 0 aliphatic carbocycles. The molecule has 1 heterocycles. The van der Waals surface area contributed by atoms with Gasteiger partial charge in [0, 0.05) is 18.7 Å². The minimum Gasteiger partial charge on any atom is -0.496 e. The van der Waals surface area contributed by atoms with Crippen molar-refractivity contribution in [2.24, 2.45) is 0 Å². The van der Waals surface area contributed by atoms with Crippen molar-refractivity contribution in [1.29, 1.82) is 0 Å². The highest BCUT2D eigenvalue weighted by atomic mass is 79.9. The van der Waals surface area contributed by atoms with Crippen LogP contribution in [0.1, 0.15) is 11.7 Å². The third-order valence-electron chi connectivity index (χ3n) is 3.46. The molecule has 100 valence electrons. The van der Waals surface area contributed by atoms with Crippen LogP contribution in [0.15, 0.2) is 34.8 Å². The van der Waals surface area contributed by atoms with Crippen LogP contribution in [-0.4, -0.2) is 26.8 Å². The molecule has 1 unspecified atom stereocenters. The molecule has 0 aromatic heterocycles. The van der Waals surface area contributed by atoms with Crippen LogP contribution in [0, 0.1) is 0 Å². The lowest BCUT2D eigenvalue weighted by atomic mass is 9.99. The fourth-order valence-electron chi connectivity index (χ4n) is 2.54. The Bertz CT molecular complexity index is 594. The number of hydrogen-bond acceptors (Lipinski definition) is 3. The molecule has 2 aromatic carbocycles. The summed E-state index contributed by atoms with van der Waals surface area (Å²) in [6.07, 6.45) is 0.0584. The van der Waals surface area contributed by atoms with E-state index in [1.807, 2.05) is 6.07 Å². The van der Waals surface area contributed by atoms with Crippen molar-refractivity contribution in [3.05, 3.63) is 40.4 Å². The first-order valence-electron chi connectivity index (χ1n) is 6.38. The van der Waals surface area contributed by atoms with E-state index in [0.717, 1.165) is 29.9 Å². The van der Waals surface area contributed by atoms with Crippen LogP contribution in [0.3, 0.4) is 0 Å². The zero-order chi connectivity index (χ0) is 13.2. The fraction of sp³-hybridized carbons (Fsp3) is 0.333.